The van der Waals surface area contributed by atoms with Gasteiger partial charge in [0.25, 0.3) is 11.8 Å². The molecule has 1 unspecified atom stereocenters. The molecule has 0 aliphatic carbocycles. The van der Waals surface area contributed by atoms with Crippen LogP contribution in [0.15, 0.2) is 27.2 Å². The minimum absolute atomic E-state index is 0.0518. The average molecular weight is 527 g/mol. The number of carbonyl (C=O) groups excluding carboxylic acids is 2. The second kappa shape index (κ2) is 9.74. The van der Waals surface area contributed by atoms with Gasteiger partial charge < -0.3 is 16.2 Å². The van der Waals surface area contributed by atoms with Crippen LogP contribution in [0, 0.1) is 0 Å². The molecular weight excluding hydrogens is 509 g/mol. The molecule has 0 saturated carbocycles. The van der Waals surface area contributed by atoms with E-state index in [1.165, 1.54) is 56.2 Å². The molecule has 1 fully saturated rings. The molecular formula is C17H18N8O4S4. The fourth-order valence-corrected chi connectivity index (χ4v) is 6.63. The lowest BCUT2D eigenvalue weighted by Gasteiger charge is -2.49. The van der Waals surface area contributed by atoms with Gasteiger partial charge in [-0.1, -0.05) is 11.8 Å². The van der Waals surface area contributed by atoms with Gasteiger partial charge in [-0.15, -0.1) is 40.0 Å². The monoisotopic (exact) mass is 526 g/mol. The lowest BCUT2D eigenvalue weighted by Crippen LogP contribution is -2.70. The number of aromatic nitrogens is 5. The predicted molar refractivity (Wildman–Crippen MR) is 127 cm³/mol. The van der Waals surface area contributed by atoms with Crippen LogP contribution in [-0.4, -0.2) is 82.2 Å². The normalized spacial score (nSPS) is 20.5. The molecule has 2 aromatic heterocycles. The summed E-state index contributed by atoms with van der Waals surface area (Å²) in [6.45, 7) is 0. The summed E-state index contributed by atoms with van der Waals surface area (Å²) in [5, 5.41) is 27.4. The van der Waals surface area contributed by atoms with Gasteiger partial charge in [0.15, 0.2) is 5.13 Å². The molecule has 2 aliphatic rings. The molecule has 4 N–H and O–H groups in total. The summed E-state index contributed by atoms with van der Waals surface area (Å²) in [4.78, 5) is 43.2. The molecule has 16 heteroatoms. The van der Waals surface area contributed by atoms with Gasteiger partial charge in [-0.2, -0.15) is 0 Å². The quantitative estimate of drug-likeness (QED) is 0.247. The molecule has 4 rings (SSSR count). The molecule has 12 nitrogen and oxygen atoms in total. The molecule has 0 radical (unpaired) electrons. The molecule has 33 heavy (non-hydrogen) atoms. The van der Waals surface area contributed by atoms with Crippen molar-refractivity contribution in [3.8, 4) is 0 Å². The standard InChI is InChI=1S/C17H18N8O4S4/c1-24-17(21-22-23-24)33-4-7-3-31-14-10(13(27)25(14)11(7)15(28)29)20-12(26)8(5-30-2)9-6-32-16(18)19-9/h5-6,10,14H,3-4H2,1-2H3,(H2,18,19)(H,20,26)(H,28,29)/t10?,14-/m1/s1. The first kappa shape index (κ1) is 23.6. The highest BCUT2D eigenvalue weighted by molar-refractivity contribution is 8.01. The number of thiazole rings is 1. The number of β-lactam (4-membered cyclic amide) rings is 1. The number of nitrogens with one attached hydrogen (secondary N) is 1. The molecule has 2 aliphatic heterocycles. The van der Waals surface area contributed by atoms with E-state index in [-0.39, 0.29) is 5.70 Å². The zero-order valence-corrected chi connectivity index (χ0v) is 20.6. The van der Waals surface area contributed by atoms with Crippen LogP contribution in [0.1, 0.15) is 5.69 Å². The van der Waals surface area contributed by atoms with E-state index in [4.69, 9.17) is 5.73 Å². The summed E-state index contributed by atoms with van der Waals surface area (Å²) >= 11 is 5.23. The van der Waals surface area contributed by atoms with E-state index in [0.717, 1.165) is 0 Å². The van der Waals surface area contributed by atoms with E-state index in [2.05, 4.69) is 25.8 Å². The van der Waals surface area contributed by atoms with E-state index in [0.29, 0.717) is 38.6 Å². The molecule has 0 spiro atoms. The minimum Gasteiger partial charge on any atom is -0.477 e. The maximum absolute atomic E-state index is 12.9. The lowest BCUT2D eigenvalue weighted by atomic mass is 10.0. The van der Waals surface area contributed by atoms with Gasteiger partial charge in [-0.25, -0.2) is 14.5 Å². The first-order chi connectivity index (χ1) is 15.8. The number of fused-ring (bicyclic) bond motifs is 1. The first-order valence-corrected chi connectivity index (χ1v) is 13.5. The fourth-order valence-electron chi connectivity index (χ4n) is 3.27. The number of anilines is 1. The van der Waals surface area contributed by atoms with E-state index < -0.39 is 29.2 Å². The number of thioether (sulfide) groups is 3. The van der Waals surface area contributed by atoms with E-state index in [1.54, 1.807) is 24.1 Å². The Morgan fingerprint density at radius 2 is 2.24 bits per heavy atom. The van der Waals surface area contributed by atoms with Gasteiger partial charge in [0.2, 0.25) is 5.16 Å². The van der Waals surface area contributed by atoms with Crippen LogP contribution >= 0.6 is 46.6 Å². The van der Waals surface area contributed by atoms with Crippen molar-refractivity contribution < 1.29 is 19.5 Å². The molecule has 174 valence electrons. The van der Waals surface area contributed by atoms with Crippen LogP contribution < -0.4 is 11.1 Å². The van der Waals surface area contributed by atoms with Crippen molar-refractivity contribution in [2.24, 2.45) is 7.05 Å². The second-order valence-corrected chi connectivity index (χ2v) is 10.5. The number of aryl methyl sites for hydroxylation is 1. The number of nitrogens with two attached hydrogens (primary N) is 1. The third kappa shape index (κ3) is 4.60. The van der Waals surface area contributed by atoms with Gasteiger partial charge in [-0.3, -0.25) is 14.5 Å². The third-order valence-electron chi connectivity index (χ3n) is 4.77. The van der Waals surface area contributed by atoms with Gasteiger partial charge in [0.05, 0.1) is 11.3 Å². The van der Waals surface area contributed by atoms with Gasteiger partial charge in [0.1, 0.15) is 17.1 Å². The average Bonchev–Trinajstić information content (AvgIpc) is 3.40. The molecule has 0 aromatic carbocycles. The number of carboxylic acids is 1. The maximum Gasteiger partial charge on any atom is 0.352 e. The van der Waals surface area contributed by atoms with Crippen LogP contribution in [-0.2, 0) is 21.4 Å². The summed E-state index contributed by atoms with van der Waals surface area (Å²) < 4.78 is 1.49. The molecule has 1 saturated heterocycles. The summed E-state index contributed by atoms with van der Waals surface area (Å²) in [5.41, 5.74) is 6.95. The van der Waals surface area contributed by atoms with Crippen molar-refractivity contribution in [2.75, 3.05) is 23.5 Å². The van der Waals surface area contributed by atoms with E-state index in [9.17, 15) is 19.5 Å². The highest BCUT2D eigenvalue weighted by Gasteiger charge is 2.54. The molecule has 2 amide bonds. The third-order valence-corrected chi connectivity index (χ3v) is 8.35. The summed E-state index contributed by atoms with van der Waals surface area (Å²) in [5.74, 6) is -1.41. The number of tetrazole rings is 1. The Hall–Kier alpha value is -2.56. The van der Waals surface area contributed by atoms with Crippen molar-refractivity contribution >= 4 is 75.1 Å². The first-order valence-electron chi connectivity index (χ1n) is 9.32. The zero-order valence-electron chi connectivity index (χ0n) is 17.3. The Kier molecular flexibility index (Phi) is 6.96. The maximum atomic E-state index is 12.9. The number of nitrogens with zero attached hydrogens (tertiary/aromatic N) is 6. The van der Waals surface area contributed by atoms with Crippen molar-refractivity contribution in [3.63, 3.8) is 0 Å². The predicted octanol–water partition coefficient (Wildman–Crippen LogP) is 0.484. The van der Waals surface area contributed by atoms with Crippen LogP contribution in [0.5, 0.6) is 0 Å². The highest BCUT2D eigenvalue weighted by Crippen LogP contribution is 2.41. The Morgan fingerprint density at radius 1 is 1.45 bits per heavy atom. The number of carboxylic acid groups (broad SMARTS) is 1. The van der Waals surface area contributed by atoms with Crippen LogP contribution in [0.3, 0.4) is 0 Å². The van der Waals surface area contributed by atoms with Crippen molar-refractivity contribution in [1.82, 2.24) is 35.4 Å². The number of hydrogen-bond acceptors (Lipinski definition) is 12. The summed E-state index contributed by atoms with van der Waals surface area (Å²) in [7, 11) is 1.69. The topological polar surface area (TPSA) is 169 Å². The minimum atomic E-state index is -1.19. The number of hydrogen-bond donors (Lipinski definition) is 3. The van der Waals surface area contributed by atoms with Crippen LogP contribution in [0.2, 0.25) is 0 Å². The number of aliphatic carboxylic acids is 1. The lowest BCUT2D eigenvalue weighted by molar-refractivity contribution is -0.150. The number of amides is 2. The number of carbonyl (C=O) groups is 3. The largest absolute Gasteiger partial charge is 0.477 e. The van der Waals surface area contributed by atoms with Crippen molar-refractivity contribution in [2.45, 2.75) is 16.6 Å². The highest BCUT2D eigenvalue weighted by atomic mass is 32.2. The van der Waals surface area contributed by atoms with Gasteiger partial charge in [0, 0.05) is 23.9 Å². The SMILES string of the molecule is CSC=C(C(=O)NC1C(=O)N2C(C(=O)O)=C(CSc3nnnn3C)CS[C@H]12)c1csc(N)n1. The molecule has 2 aromatic rings. The van der Waals surface area contributed by atoms with Gasteiger partial charge >= 0.3 is 5.97 Å². The van der Waals surface area contributed by atoms with Crippen molar-refractivity contribution in [1.29, 1.82) is 0 Å². The number of nitrogen functional groups attached to an aromatic ring is 1. The Bertz CT molecular complexity index is 1180. The molecule has 4 heterocycles. The molecule has 0 bridgehead atoms. The second-order valence-electron chi connectivity index (χ2n) is 6.83. The van der Waals surface area contributed by atoms with Crippen molar-refractivity contribution in [3.05, 3.63) is 27.8 Å². The number of rotatable bonds is 8. The van der Waals surface area contributed by atoms with Gasteiger partial charge in [-0.05, 0) is 27.7 Å². The van der Waals surface area contributed by atoms with E-state index >= 15 is 0 Å². The fraction of sp³-hybridized carbons (Fsp3) is 0.353. The Balaban J connectivity index is 1.49. The van der Waals surface area contributed by atoms with E-state index in [1.807, 2.05) is 0 Å². The summed E-state index contributed by atoms with van der Waals surface area (Å²) in [6.07, 6.45) is 1.80. The Labute approximate surface area is 204 Å². The van der Waals surface area contributed by atoms with Crippen LogP contribution in [0.25, 0.3) is 5.57 Å². The smallest absolute Gasteiger partial charge is 0.352 e. The van der Waals surface area contributed by atoms with Crippen LogP contribution in [0.4, 0.5) is 5.13 Å². The molecule has 2 atom stereocenters. The Morgan fingerprint density at radius 3 is 2.85 bits per heavy atom. The summed E-state index contributed by atoms with van der Waals surface area (Å²) in [6, 6.07) is -0.838. The zero-order chi connectivity index (χ0) is 23.7.